The van der Waals surface area contributed by atoms with Gasteiger partial charge in [-0.05, 0) is 51.8 Å². The number of nitrogens with zero attached hydrogens (tertiary/aromatic N) is 2. The summed E-state index contributed by atoms with van der Waals surface area (Å²) in [5.74, 6) is -0.637. The summed E-state index contributed by atoms with van der Waals surface area (Å²) in [6, 6.07) is 4.49. The first-order chi connectivity index (χ1) is 13.1. The molecule has 0 unspecified atom stereocenters. The Morgan fingerprint density at radius 3 is 2.14 bits per heavy atom. The van der Waals surface area contributed by atoms with Crippen molar-refractivity contribution in [2.45, 2.75) is 51.2 Å². The molecule has 0 radical (unpaired) electrons. The number of hydrogen-bond acceptors (Lipinski definition) is 4. The topological polar surface area (TPSA) is 64.7 Å². The van der Waals surface area contributed by atoms with Crippen LogP contribution < -0.4 is 10.6 Å². The zero-order chi connectivity index (χ0) is 20.5. The molecule has 8 heteroatoms. The molecule has 2 atom stereocenters. The highest BCUT2D eigenvalue weighted by atomic mass is 35.5. The van der Waals surface area contributed by atoms with E-state index in [1.54, 1.807) is 0 Å². The number of halogens is 2. The number of anilines is 1. The van der Waals surface area contributed by atoms with Crippen LogP contribution in [0.5, 0.6) is 0 Å². The van der Waals surface area contributed by atoms with E-state index in [2.05, 4.69) is 20.4 Å². The van der Waals surface area contributed by atoms with Crippen molar-refractivity contribution in [3.8, 4) is 0 Å². The first-order valence-corrected chi connectivity index (χ1v) is 10.0. The maximum atomic E-state index is 13.4. The molecule has 154 valence electrons. The summed E-state index contributed by atoms with van der Waals surface area (Å²) >= 11 is 5.83. The Labute approximate surface area is 170 Å². The number of carbonyl (C=O) groups is 2. The number of piperazine rings is 1. The highest BCUT2D eigenvalue weighted by Gasteiger charge is 2.40. The van der Waals surface area contributed by atoms with Gasteiger partial charge in [0.1, 0.15) is 5.82 Å². The molecule has 0 saturated carbocycles. The van der Waals surface area contributed by atoms with E-state index < -0.39 is 5.82 Å². The molecular weight excluding hydrogens is 383 g/mol. The molecule has 0 aliphatic carbocycles. The second-order valence-corrected chi connectivity index (χ2v) is 9.18. The van der Waals surface area contributed by atoms with Gasteiger partial charge in [-0.15, -0.1) is 0 Å². The van der Waals surface area contributed by atoms with E-state index in [1.807, 2.05) is 20.8 Å². The van der Waals surface area contributed by atoms with Gasteiger partial charge in [-0.2, -0.15) is 0 Å². The highest BCUT2D eigenvalue weighted by Crippen LogP contribution is 2.28. The van der Waals surface area contributed by atoms with Gasteiger partial charge >= 0.3 is 0 Å². The van der Waals surface area contributed by atoms with Gasteiger partial charge in [0.2, 0.25) is 11.8 Å². The van der Waals surface area contributed by atoms with Crippen LogP contribution in [0.3, 0.4) is 0 Å². The summed E-state index contributed by atoms with van der Waals surface area (Å²) in [6.45, 7) is 8.09. The average molecular weight is 411 g/mol. The number of hydrogen-bond donors (Lipinski definition) is 2. The van der Waals surface area contributed by atoms with E-state index in [-0.39, 0.29) is 41.0 Å². The van der Waals surface area contributed by atoms with E-state index >= 15 is 0 Å². The fourth-order valence-electron chi connectivity index (χ4n) is 4.04. The van der Waals surface area contributed by atoms with Gasteiger partial charge in [0.05, 0.1) is 13.1 Å². The molecule has 4 rings (SSSR count). The van der Waals surface area contributed by atoms with Gasteiger partial charge in [0.25, 0.3) is 0 Å². The van der Waals surface area contributed by atoms with Crippen molar-refractivity contribution in [2.75, 3.05) is 31.5 Å². The van der Waals surface area contributed by atoms with Gasteiger partial charge < -0.3 is 10.6 Å². The molecule has 3 saturated heterocycles. The first-order valence-electron chi connectivity index (χ1n) is 9.64. The standard InChI is InChI=1S/C20H28ClFN4O2/c1-20(2,3)24-19(28)12-26-10-16-4-5-17(26)9-25(16)11-18(27)23-15-7-13(21)6-14(22)8-15/h6-8,16-17H,4-5,9-12H2,1-3H3,(H,23,27)(H,24,28)/t16-,17-/m0/s1. The van der Waals surface area contributed by atoms with E-state index in [1.165, 1.54) is 18.2 Å². The molecule has 3 heterocycles. The van der Waals surface area contributed by atoms with Gasteiger partial charge in [0.15, 0.2) is 0 Å². The number of amides is 2. The number of benzene rings is 1. The Morgan fingerprint density at radius 2 is 1.64 bits per heavy atom. The van der Waals surface area contributed by atoms with Crippen molar-refractivity contribution in [1.82, 2.24) is 15.1 Å². The molecule has 0 spiro atoms. The van der Waals surface area contributed by atoms with Crippen LogP contribution in [0.4, 0.5) is 10.1 Å². The molecule has 3 fully saturated rings. The predicted octanol–water partition coefficient (Wildman–Crippen LogP) is 2.48. The predicted molar refractivity (Wildman–Crippen MR) is 108 cm³/mol. The third-order valence-electron chi connectivity index (χ3n) is 5.11. The molecule has 2 N–H and O–H groups in total. The SMILES string of the molecule is CC(C)(C)NC(=O)CN1C[C@@H]2CC[C@H]1CN2CC(=O)Nc1cc(F)cc(Cl)c1. The van der Waals surface area contributed by atoms with E-state index in [4.69, 9.17) is 11.6 Å². The van der Waals surface area contributed by atoms with E-state index in [9.17, 15) is 14.0 Å². The summed E-state index contributed by atoms with van der Waals surface area (Å²) in [5.41, 5.74) is 0.119. The van der Waals surface area contributed by atoms with Gasteiger partial charge in [0, 0.05) is 41.4 Å². The third-order valence-corrected chi connectivity index (χ3v) is 5.33. The molecule has 3 aliphatic rings. The minimum Gasteiger partial charge on any atom is -0.350 e. The van der Waals surface area contributed by atoms with Gasteiger partial charge in [-0.25, -0.2) is 4.39 Å². The number of carbonyl (C=O) groups excluding carboxylic acids is 2. The summed E-state index contributed by atoms with van der Waals surface area (Å²) in [5, 5.41) is 5.97. The summed E-state index contributed by atoms with van der Waals surface area (Å²) in [7, 11) is 0. The lowest BCUT2D eigenvalue weighted by Gasteiger charge is -2.51. The molecular formula is C20H28ClFN4O2. The third kappa shape index (κ3) is 5.65. The average Bonchev–Trinajstić information content (AvgIpc) is 2.53. The van der Waals surface area contributed by atoms with Crippen LogP contribution in [0.25, 0.3) is 0 Å². The number of piperidine rings is 2. The second-order valence-electron chi connectivity index (χ2n) is 8.75. The van der Waals surface area contributed by atoms with Crippen LogP contribution in [0.15, 0.2) is 18.2 Å². The molecule has 2 amide bonds. The molecule has 1 aromatic rings. The van der Waals surface area contributed by atoms with E-state index in [0.29, 0.717) is 12.2 Å². The molecule has 3 aliphatic heterocycles. The highest BCUT2D eigenvalue weighted by molar-refractivity contribution is 6.30. The van der Waals surface area contributed by atoms with Gasteiger partial charge in [-0.3, -0.25) is 19.4 Å². The molecule has 0 aromatic heterocycles. The Morgan fingerprint density at radius 1 is 1.07 bits per heavy atom. The lowest BCUT2D eigenvalue weighted by molar-refractivity contribution is -0.128. The molecule has 28 heavy (non-hydrogen) atoms. The van der Waals surface area contributed by atoms with Crippen molar-refractivity contribution in [2.24, 2.45) is 0 Å². The quantitative estimate of drug-likeness (QED) is 0.782. The smallest absolute Gasteiger partial charge is 0.238 e. The first kappa shape index (κ1) is 21.0. The number of nitrogens with one attached hydrogen (secondary N) is 2. The summed E-state index contributed by atoms with van der Waals surface area (Å²) < 4.78 is 13.4. The lowest BCUT2D eigenvalue weighted by Crippen LogP contribution is -2.65. The minimum absolute atomic E-state index is 0.0346. The number of fused-ring (bicyclic) bond motifs is 3. The van der Waals surface area contributed by atoms with Crippen molar-refractivity contribution in [3.63, 3.8) is 0 Å². The minimum atomic E-state index is -0.482. The van der Waals surface area contributed by atoms with Crippen molar-refractivity contribution in [3.05, 3.63) is 29.0 Å². The van der Waals surface area contributed by atoms with Crippen molar-refractivity contribution in [1.29, 1.82) is 0 Å². The fourth-order valence-corrected chi connectivity index (χ4v) is 4.27. The molecule has 1 aromatic carbocycles. The molecule has 2 bridgehead atoms. The van der Waals surface area contributed by atoms with Crippen LogP contribution in [-0.4, -0.2) is 65.4 Å². The maximum absolute atomic E-state index is 13.4. The lowest BCUT2D eigenvalue weighted by atomic mass is 9.90. The monoisotopic (exact) mass is 410 g/mol. The fraction of sp³-hybridized carbons (Fsp3) is 0.600. The van der Waals surface area contributed by atoms with Crippen molar-refractivity contribution < 1.29 is 14.0 Å². The normalized spacial score (nSPS) is 22.9. The number of rotatable bonds is 5. The zero-order valence-electron chi connectivity index (χ0n) is 16.6. The van der Waals surface area contributed by atoms with Crippen LogP contribution in [-0.2, 0) is 9.59 Å². The zero-order valence-corrected chi connectivity index (χ0v) is 17.4. The van der Waals surface area contributed by atoms with E-state index in [0.717, 1.165) is 25.9 Å². The summed E-state index contributed by atoms with van der Waals surface area (Å²) in [4.78, 5) is 29.0. The Balaban J connectivity index is 1.53. The Bertz CT molecular complexity index is 732. The Kier molecular flexibility index (Phi) is 6.27. The summed E-state index contributed by atoms with van der Waals surface area (Å²) in [6.07, 6.45) is 2.05. The van der Waals surface area contributed by atoms with Crippen LogP contribution in [0.1, 0.15) is 33.6 Å². The maximum Gasteiger partial charge on any atom is 0.238 e. The Hall–Kier alpha value is -1.70. The van der Waals surface area contributed by atoms with Crippen LogP contribution in [0.2, 0.25) is 5.02 Å². The van der Waals surface area contributed by atoms with Gasteiger partial charge in [-0.1, -0.05) is 11.6 Å². The van der Waals surface area contributed by atoms with Crippen LogP contribution >= 0.6 is 11.6 Å². The van der Waals surface area contributed by atoms with Crippen molar-refractivity contribution >= 4 is 29.1 Å². The largest absolute Gasteiger partial charge is 0.350 e. The molecule has 6 nitrogen and oxygen atoms in total. The second kappa shape index (κ2) is 8.35. The van der Waals surface area contributed by atoms with Crippen LogP contribution in [0, 0.1) is 5.82 Å².